The number of nitrogens with zero attached hydrogens (tertiary/aromatic N) is 3. The van der Waals surface area contributed by atoms with Crippen molar-refractivity contribution in [2.75, 3.05) is 31.2 Å². The van der Waals surface area contributed by atoms with Crippen molar-refractivity contribution in [2.24, 2.45) is 0 Å². The zero-order chi connectivity index (χ0) is 24.6. The van der Waals surface area contributed by atoms with Crippen LogP contribution in [-0.4, -0.2) is 47.0 Å². The van der Waals surface area contributed by atoms with Crippen molar-refractivity contribution in [2.45, 2.75) is 45.2 Å². The van der Waals surface area contributed by atoms with Crippen LogP contribution >= 0.6 is 0 Å². The van der Waals surface area contributed by atoms with E-state index in [0.717, 1.165) is 53.5 Å². The minimum Gasteiger partial charge on any atom is -0.381 e. The van der Waals surface area contributed by atoms with Crippen LogP contribution in [0.3, 0.4) is 0 Å². The quantitative estimate of drug-likeness (QED) is 0.445. The molecule has 2 saturated heterocycles. The van der Waals surface area contributed by atoms with Crippen LogP contribution in [0, 0.1) is 6.92 Å². The number of benzene rings is 2. The van der Waals surface area contributed by atoms with Gasteiger partial charge in [-0.3, -0.25) is 14.3 Å². The molecule has 0 unspecified atom stereocenters. The third-order valence-electron chi connectivity index (χ3n) is 7.57. The van der Waals surface area contributed by atoms with Gasteiger partial charge >= 0.3 is 0 Å². The molecular weight excluding hydrogens is 454 g/mol. The summed E-state index contributed by atoms with van der Waals surface area (Å²) in [6, 6.07) is 12.3. The van der Waals surface area contributed by atoms with Gasteiger partial charge < -0.3 is 19.9 Å². The second-order valence-corrected chi connectivity index (χ2v) is 9.87. The summed E-state index contributed by atoms with van der Waals surface area (Å²) in [5.41, 5.74) is 5.09. The Morgan fingerprint density at radius 2 is 1.92 bits per heavy atom. The number of para-hydroxylation sites is 1. The number of pyridine rings is 1. The number of hydrogen-bond donors (Lipinski definition) is 2. The Morgan fingerprint density at radius 3 is 2.72 bits per heavy atom. The number of carbonyl (C=O) groups is 1. The number of ether oxygens (including phenoxy) is 1. The van der Waals surface area contributed by atoms with E-state index in [4.69, 9.17) is 4.74 Å². The van der Waals surface area contributed by atoms with Gasteiger partial charge in [0.2, 0.25) is 0 Å². The standard InChI is InChI=1S/C28H31N5O3/c1-18-14-24-22(26-23(28(35)31-24)17-30-33(26)20-8-12-36-13-9-20)15-21(18)27(34)29-16-19-6-2-3-7-25(19)32-10-4-5-11-32/h2-3,6-7,14-15,17,20H,4-5,8-13,16H2,1H3,(H,29,34)(H,31,35). The number of H-pyrrole nitrogens is 1. The molecule has 6 rings (SSSR count). The summed E-state index contributed by atoms with van der Waals surface area (Å²) < 4.78 is 7.48. The van der Waals surface area contributed by atoms with E-state index in [1.54, 1.807) is 6.20 Å². The summed E-state index contributed by atoms with van der Waals surface area (Å²) in [5, 5.41) is 9.11. The lowest BCUT2D eigenvalue weighted by atomic mass is 10.0. The van der Waals surface area contributed by atoms with Crippen molar-refractivity contribution in [3.05, 3.63) is 69.6 Å². The molecule has 0 saturated carbocycles. The van der Waals surface area contributed by atoms with Crippen LogP contribution in [0.1, 0.15) is 53.2 Å². The van der Waals surface area contributed by atoms with E-state index in [9.17, 15) is 9.59 Å². The molecule has 2 fully saturated rings. The number of aromatic nitrogens is 3. The molecule has 2 aromatic heterocycles. The molecule has 4 aromatic rings. The third-order valence-corrected chi connectivity index (χ3v) is 7.57. The summed E-state index contributed by atoms with van der Waals surface area (Å²) in [6.45, 7) is 5.85. The molecule has 0 spiro atoms. The molecule has 8 nitrogen and oxygen atoms in total. The number of nitrogens with one attached hydrogen (secondary N) is 2. The van der Waals surface area contributed by atoms with Gasteiger partial charge in [0.1, 0.15) is 0 Å². The highest BCUT2D eigenvalue weighted by atomic mass is 16.5. The highest BCUT2D eigenvalue weighted by molar-refractivity contribution is 6.07. The van der Waals surface area contributed by atoms with E-state index >= 15 is 0 Å². The van der Waals surface area contributed by atoms with Gasteiger partial charge in [-0.1, -0.05) is 18.2 Å². The van der Waals surface area contributed by atoms with Gasteiger partial charge in [-0.05, 0) is 61.9 Å². The van der Waals surface area contributed by atoms with Gasteiger partial charge in [-0.25, -0.2) is 0 Å². The number of aromatic amines is 1. The lowest BCUT2D eigenvalue weighted by Crippen LogP contribution is -2.26. The Hall–Kier alpha value is -3.65. The maximum Gasteiger partial charge on any atom is 0.259 e. The predicted octanol–water partition coefficient (Wildman–Crippen LogP) is 4.07. The Labute approximate surface area is 209 Å². The SMILES string of the molecule is Cc1cc2[nH]c(=O)c3cnn(C4CCOCC4)c3c2cc1C(=O)NCc1ccccc1N1CCCC1. The molecular formula is C28H31N5O3. The normalized spacial score (nSPS) is 16.8. The molecule has 1 amide bonds. The van der Waals surface area contributed by atoms with E-state index in [1.807, 2.05) is 29.8 Å². The molecule has 2 aromatic carbocycles. The second kappa shape index (κ2) is 9.43. The number of aryl methyl sites for hydroxylation is 1. The zero-order valence-electron chi connectivity index (χ0n) is 20.5. The summed E-state index contributed by atoms with van der Waals surface area (Å²) >= 11 is 0. The van der Waals surface area contributed by atoms with Crippen LogP contribution in [0.4, 0.5) is 5.69 Å². The largest absolute Gasteiger partial charge is 0.381 e. The smallest absolute Gasteiger partial charge is 0.259 e. The molecule has 2 aliphatic heterocycles. The lowest BCUT2D eigenvalue weighted by molar-refractivity contribution is 0.0675. The molecule has 2 aliphatic rings. The molecule has 8 heteroatoms. The van der Waals surface area contributed by atoms with Crippen LogP contribution < -0.4 is 15.8 Å². The molecule has 0 bridgehead atoms. The predicted molar refractivity (Wildman–Crippen MR) is 141 cm³/mol. The molecule has 0 atom stereocenters. The van der Waals surface area contributed by atoms with Crippen LogP contribution in [0.15, 0.2) is 47.4 Å². The van der Waals surface area contributed by atoms with Crippen LogP contribution in [0.2, 0.25) is 0 Å². The molecule has 2 N–H and O–H groups in total. The topological polar surface area (TPSA) is 92.2 Å². The Bertz CT molecular complexity index is 1490. The number of carbonyl (C=O) groups excluding carboxylic acids is 1. The first-order valence-electron chi connectivity index (χ1n) is 12.8. The lowest BCUT2D eigenvalue weighted by Gasteiger charge is -2.23. The van der Waals surface area contributed by atoms with Gasteiger partial charge in [0.05, 0.1) is 28.7 Å². The first-order chi connectivity index (χ1) is 17.6. The Balaban J connectivity index is 1.35. The maximum absolute atomic E-state index is 13.4. The van der Waals surface area contributed by atoms with Crippen molar-refractivity contribution >= 4 is 33.4 Å². The van der Waals surface area contributed by atoms with E-state index in [2.05, 4.69) is 38.5 Å². The van der Waals surface area contributed by atoms with E-state index in [1.165, 1.54) is 18.5 Å². The average molecular weight is 486 g/mol. The number of anilines is 1. The number of rotatable bonds is 5. The molecule has 36 heavy (non-hydrogen) atoms. The number of amides is 1. The highest BCUT2D eigenvalue weighted by Crippen LogP contribution is 2.30. The van der Waals surface area contributed by atoms with Gasteiger partial charge in [-0.15, -0.1) is 0 Å². The monoisotopic (exact) mass is 485 g/mol. The number of fused-ring (bicyclic) bond motifs is 3. The fourth-order valence-electron chi connectivity index (χ4n) is 5.64. The highest BCUT2D eigenvalue weighted by Gasteiger charge is 2.22. The number of hydrogen-bond acceptors (Lipinski definition) is 5. The van der Waals surface area contributed by atoms with Crippen molar-refractivity contribution in [3.63, 3.8) is 0 Å². The molecule has 4 heterocycles. The van der Waals surface area contributed by atoms with Crippen LogP contribution in [-0.2, 0) is 11.3 Å². The summed E-state index contributed by atoms with van der Waals surface area (Å²) in [4.78, 5) is 31.6. The van der Waals surface area contributed by atoms with Crippen LogP contribution in [0.25, 0.3) is 21.8 Å². The van der Waals surface area contributed by atoms with Gasteiger partial charge in [-0.2, -0.15) is 5.10 Å². The average Bonchev–Trinajstić information content (AvgIpc) is 3.59. The van der Waals surface area contributed by atoms with Gasteiger partial charge in [0.15, 0.2) is 0 Å². The second-order valence-electron chi connectivity index (χ2n) is 9.87. The molecule has 186 valence electrons. The van der Waals surface area contributed by atoms with Crippen molar-refractivity contribution in [1.82, 2.24) is 20.1 Å². The minimum atomic E-state index is -0.161. The summed E-state index contributed by atoms with van der Waals surface area (Å²) in [7, 11) is 0. The zero-order valence-corrected chi connectivity index (χ0v) is 20.5. The van der Waals surface area contributed by atoms with E-state index in [0.29, 0.717) is 30.7 Å². The van der Waals surface area contributed by atoms with E-state index < -0.39 is 0 Å². The first-order valence-corrected chi connectivity index (χ1v) is 12.8. The third kappa shape index (κ3) is 4.05. The fraction of sp³-hybridized carbons (Fsp3) is 0.393. The van der Waals surface area contributed by atoms with Crippen molar-refractivity contribution in [3.8, 4) is 0 Å². The van der Waals surface area contributed by atoms with Gasteiger partial charge in [0, 0.05) is 49.5 Å². The van der Waals surface area contributed by atoms with Crippen molar-refractivity contribution in [1.29, 1.82) is 0 Å². The fourth-order valence-corrected chi connectivity index (χ4v) is 5.64. The summed E-state index contributed by atoms with van der Waals surface area (Å²) in [5.74, 6) is -0.123. The maximum atomic E-state index is 13.4. The minimum absolute atomic E-state index is 0.123. The summed E-state index contributed by atoms with van der Waals surface area (Å²) in [6.07, 6.45) is 5.75. The Morgan fingerprint density at radius 1 is 1.14 bits per heavy atom. The molecule has 0 radical (unpaired) electrons. The van der Waals surface area contributed by atoms with Crippen LogP contribution in [0.5, 0.6) is 0 Å². The van der Waals surface area contributed by atoms with Gasteiger partial charge in [0.25, 0.3) is 11.5 Å². The van der Waals surface area contributed by atoms with Crippen molar-refractivity contribution < 1.29 is 9.53 Å². The van der Waals surface area contributed by atoms with E-state index in [-0.39, 0.29) is 17.5 Å². The first kappa shape index (κ1) is 22.8. The Kier molecular flexibility index (Phi) is 5.97. The molecule has 0 aliphatic carbocycles.